The summed E-state index contributed by atoms with van der Waals surface area (Å²) in [6, 6.07) is 30.4. The van der Waals surface area contributed by atoms with Gasteiger partial charge >= 0.3 is 0 Å². The van der Waals surface area contributed by atoms with Crippen LogP contribution in [0.15, 0.2) is 103 Å². The molecule has 0 aliphatic rings. The van der Waals surface area contributed by atoms with Crippen LogP contribution in [0.1, 0.15) is 37.1 Å². The molecule has 40 heavy (non-hydrogen) atoms. The quantitative estimate of drug-likeness (QED) is 0.243. The summed E-state index contributed by atoms with van der Waals surface area (Å²) >= 11 is 0. The predicted octanol–water partition coefficient (Wildman–Crippen LogP) is 5.25. The van der Waals surface area contributed by atoms with Crippen LogP contribution in [0.25, 0.3) is 21.5 Å². The smallest absolute Gasteiger partial charge is 0.234 e. The van der Waals surface area contributed by atoms with Crippen molar-refractivity contribution < 1.29 is 9.59 Å². The lowest BCUT2D eigenvalue weighted by molar-refractivity contribution is -0.125. The van der Waals surface area contributed by atoms with Gasteiger partial charge in [0, 0.05) is 18.9 Å². The fraction of sp³-hybridized carbons (Fsp3) is 0.242. The van der Waals surface area contributed by atoms with Gasteiger partial charge < -0.3 is 10.6 Å². The van der Waals surface area contributed by atoms with Crippen molar-refractivity contribution in [3.05, 3.63) is 115 Å². The number of amides is 2. The second kappa shape index (κ2) is 12.6. The van der Waals surface area contributed by atoms with Gasteiger partial charge in [0.1, 0.15) is 0 Å². The summed E-state index contributed by atoms with van der Waals surface area (Å²) in [6.07, 6.45) is 3.60. The highest BCUT2D eigenvalue weighted by molar-refractivity contribution is 5.85. The Kier molecular flexibility index (Phi) is 8.52. The van der Waals surface area contributed by atoms with Crippen molar-refractivity contribution in [1.29, 1.82) is 0 Å². The van der Waals surface area contributed by atoms with Gasteiger partial charge in [-0.15, -0.1) is 0 Å². The third-order valence-corrected chi connectivity index (χ3v) is 7.24. The Labute approximate surface area is 234 Å². The minimum atomic E-state index is -0.160. The van der Waals surface area contributed by atoms with E-state index in [0.29, 0.717) is 13.1 Å². The molecule has 0 aliphatic heterocycles. The summed E-state index contributed by atoms with van der Waals surface area (Å²) in [5.74, 6) is -0.256. The third-order valence-electron chi connectivity index (χ3n) is 7.24. The van der Waals surface area contributed by atoms with Crippen LogP contribution in [0.3, 0.4) is 0 Å². The molecule has 1 aromatic heterocycles. The fourth-order valence-corrected chi connectivity index (χ4v) is 4.99. The molecule has 4 aromatic carbocycles. The number of fused-ring (bicyclic) bond motifs is 2. The minimum absolute atomic E-state index is 0.108. The number of benzene rings is 4. The Hall–Kier alpha value is -4.49. The molecule has 0 saturated carbocycles. The van der Waals surface area contributed by atoms with Gasteiger partial charge in [-0.3, -0.25) is 19.2 Å². The highest BCUT2D eigenvalue weighted by Gasteiger charge is 2.19. The van der Waals surface area contributed by atoms with Gasteiger partial charge in [-0.1, -0.05) is 72.8 Å². The van der Waals surface area contributed by atoms with Crippen molar-refractivity contribution in [3.8, 4) is 0 Å². The summed E-state index contributed by atoms with van der Waals surface area (Å²) in [6.45, 7) is 5.27. The molecule has 2 atom stereocenters. The molecule has 2 amide bonds. The van der Waals surface area contributed by atoms with E-state index in [-0.39, 0.29) is 37.0 Å². The maximum atomic E-state index is 13.1. The van der Waals surface area contributed by atoms with Crippen molar-refractivity contribution in [1.82, 2.24) is 25.3 Å². The summed E-state index contributed by atoms with van der Waals surface area (Å²) < 4.78 is 1.80. The van der Waals surface area contributed by atoms with E-state index < -0.39 is 0 Å². The van der Waals surface area contributed by atoms with Crippen molar-refractivity contribution in [2.45, 2.75) is 32.5 Å². The predicted molar refractivity (Wildman–Crippen MR) is 160 cm³/mol. The highest BCUT2D eigenvalue weighted by Crippen LogP contribution is 2.21. The van der Waals surface area contributed by atoms with Crippen molar-refractivity contribution >= 4 is 33.4 Å². The molecule has 204 valence electrons. The molecule has 1 heterocycles. The SMILES string of the molecule is C[C@H](NC(=O)CN(CCn1cccn1)CC(=O)N[C@@H](C)c1ccc2ccccc2c1)c1ccc2ccccc2c1. The Bertz CT molecular complexity index is 1500. The Morgan fingerprint density at radius 1 is 0.725 bits per heavy atom. The van der Waals surface area contributed by atoms with E-state index >= 15 is 0 Å². The van der Waals surface area contributed by atoms with Gasteiger partial charge in [0.05, 0.1) is 31.7 Å². The van der Waals surface area contributed by atoms with Gasteiger partial charge in [0.15, 0.2) is 0 Å². The number of hydrogen-bond donors (Lipinski definition) is 2. The van der Waals surface area contributed by atoms with Crippen molar-refractivity contribution in [2.24, 2.45) is 0 Å². The molecular formula is C33H35N5O2. The van der Waals surface area contributed by atoms with Crippen LogP contribution in [-0.4, -0.2) is 46.1 Å². The third kappa shape index (κ3) is 6.93. The van der Waals surface area contributed by atoms with Crippen molar-refractivity contribution in [2.75, 3.05) is 19.6 Å². The van der Waals surface area contributed by atoms with Crippen LogP contribution in [0.4, 0.5) is 0 Å². The number of carbonyl (C=O) groups excluding carboxylic acids is 2. The van der Waals surface area contributed by atoms with Crippen LogP contribution in [0.5, 0.6) is 0 Å². The first-order valence-electron chi connectivity index (χ1n) is 13.7. The van der Waals surface area contributed by atoms with E-state index in [1.54, 1.807) is 10.9 Å². The van der Waals surface area contributed by atoms with E-state index in [0.717, 1.165) is 21.9 Å². The van der Waals surface area contributed by atoms with Gasteiger partial charge in [0.25, 0.3) is 0 Å². The summed E-state index contributed by atoms with van der Waals surface area (Å²) in [5.41, 5.74) is 2.08. The Morgan fingerprint density at radius 3 is 1.70 bits per heavy atom. The van der Waals surface area contributed by atoms with Gasteiger partial charge in [0.2, 0.25) is 11.8 Å². The molecular weight excluding hydrogens is 498 g/mol. The van der Waals surface area contributed by atoms with Crippen LogP contribution in [0, 0.1) is 0 Å². The van der Waals surface area contributed by atoms with Crippen molar-refractivity contribution in [3.63, 3.8) is 0 Å². The van der Waals surface area contributed by atoms with Gasteiger partial charge in [-0.05, 0) is 64.7 Å². The monoisotopic (exact) mass is 533 g/mol. The maximum absolute atomic E-state index is 13.1. The number of aromatic nitrogens is 2. The van der Waals surface area contributed by atoms with Crippen LogP contribution < -0.4 is 10.6 Å². The molecule has 0 radical (unpaired) electrons. The zero-order valence-electron chi connectivity index (χ0n) is 23.0. The van der Waals surface area contributed by atoms with Crippen LogP contribution >= 0.6 is 0 Å². The first-order chi connectivity index (χ1) is 19.4. The second-order valence-corrected chi connectivity index (χ2v) is 10.3. The molecule has 5 aromatic rings. The van der Waals surface area contributed by atoms with Crippen LogP contribution in [-0.2, 0) is 16.1 Å². The molecule has 7 nitrogen and oxygen atoms in total. The fourth-order valence-electron chi connectivity index (χ4n) is 4.99. The largest absolute Gasteiger partial charge is 0.348 e. The molecule has 0 fully saturated rings. The lowest BCUT2D eigenvalue weighted by Crippen LogP contribution is -2.44. The molecule has 0 aliphatic carbocycles. The van der Waals surface area contributed by atoms with E-state index in [4.69, 9.17) is 0 Å². The molecule has 5 rings (SSSR count). The topological polar surface area (TPSA) is 79.3 Å². The maximum Gasteiger partial charge on any atom is 0.234 e. The first-order valence-corrected chi connectivity index (χ1v) is 13.7. The van der Waals surface area contributed by atoms with Gasteiger partial charge in [-0.2, -0.15) is 5.10 Å². The van der Waals surface area contributed by atoms with E-state index in [1.165, 1.54) is 10.8 Å². The zero-order chi connectivity index (χ0) is 27.9. The number of carbonyl (C=O) groups is 2. The Morgan fingerprint density at radius 2 is 1.23 bits per heavy atom. The van der Waals surface area contributed by atoms with E-state index in [1.807, 2.05) is 67.4 Å². The second-order valence-electron chi connectivity index (χ2n) is 10.3. The van der Waals surface area contributed by atoms with Crippen LogP contribution in [0.2, 0.25) is 0 Å². The molecule has 0 unspecified atom stereocenters. The lowest BCUT2D eigenvalue weighted by atomic mass is 10.0. The number of rotatable bonds is 11. The van der Waals surface area contributed by atoms with Gasteiger partial charge in [-0.25, -0.2) is 0 Å². The number of hydrogen-bond acceptors (Lipinski definition) is 4. The molecule has 0 spiro atoms. The standard InChI is InChI=1S/C33H35N5O2/c1-24(28-14-12-26-8-3-5-10-30(26)20-28)35-32(39)22-37(18-19-38-17-7-16-34-38)23-33(40)36-25(2)29-15-13-27-9-4-6-11-31(27)21-29/h3-17,20-21,24-25H,18-19,22-23H2,1-2H3,(H,35,39)(H,36,40)/t24-,25-/m0/s1. The molecule has 2 N–H and O–H groups in total. The summed E-state index contributed by atoms with van der Waals surface area (Å²) in [7, 11) is 0. The van der Waals surface area contributed by atoms with E-state index in [9.17, 15) is 9.59 Å². The molecule has 0 saturated heterocycles. The summed E-state index contributed by atoms with van der Waals surface area (Å²) in [5, 5.41) is 15.1. The molecule has 0 bridgehead atoms. The Balaban J connectivity index is 1.21. The normalized spacial score (nSPS) is 12.9. The number of nitrogens with one attached hydrogen (secondary N) is 2. The average Bonchev–Trinajstić information content (AvgIpc) is 3.49. The first kappa shape index (κ1) is 27.1. The average molecular weight is 534 g/mol. The highest BCUT2D eigenvalue weighted by atomic mass is 16.2. The number of nitrogens with zero attached hydrogens (tertiary/aromatic N) is 3. The minimum Gasteiger partial charge on any atom is -0.348 e. The zero-order valence-corrected chi connectivity index (χ0v) is 23.0. The lowest BCUT2D eigenvalue weighted by Gasteiger charge is -2.24. The van der Waals surface area contributed by atoms with E-state index in [2.05, 4.69) is 64.3 Å². The molecule has 7 heteroatoms. The summed E-state index contributed by atoms with van der Waals surface area (Å²) in [4.78, 5) is 28.1.